The molecule has 0 bridgehead atoms. The molecular formula is C26H32N2O8S. The van der Waals surface area contributed by atoms with Crippen LogP contribution in [0.4, 0.5) is 0 Å². The zero-order valence-corrected chi connectivity index (χ0v) is 21.5. The second-order valence-corrected chi connectivity index (χ2v) is 11.6. The lowest BCUT2D eigenvalue weighted by molar-refractivity contribution is -0.146. The highest BCUT2D eigenvalue weighted by atomic mass is 32.2. The Balaban J connectivity index is 1.22. The highest BCUT2D eigenvalue weighted by Crippen LogP contribution is 2.33. The first-order valence-corrected chi connectivity index (χ1v) is 13.9. The topological polar surface area (TPSA) is 124 Å². The Labute approximate surface area is 216 Å². The fraction of sp³-hybridized carbons (Fsp3) is 0.500. The van der Waals surface area contributed by atoms with Crippen molar-refractivity contribution >= 4 is 15.9 Å². The molecule has 0 aromatic heterocycles. The van der Waals surface area contributed by atoms with E-state index in [2.05, 4.69) is 5.32 Å². The molecule has 2 aromatic rings. The number of aliphatic hydroxyl groups excluding tert-OH is 1. The Morgan fingerprint density at radius 1 is 1.08 bits per heavy atom. The van der Waals surface area contributed by atoms with Gasteiger partial charge in [0, 0.05) is 13.1 Å². The maximum atomic E-state index is 13.6. The van der Waals surface area contributed by atoms with Crippen molar-refractivity contribution in [3.8, 4) is 11.5 Å². The summed E-state index contributed by atoms with van der Waals surface area (Å²) in [6, 6.07) is 11.7. The summed E-state index contributed by atoms with van der Waals surface area (Å²) in [7, 11) is -3.87. The largest absolute Gasteiger partial charge is 0.454 e. The van der Waals surface area contributed by atoms with Crippen LogP contribution in [0.5, 0.6) is 11.5 Å². The van der Waals surface area contributed by atoms with Crippen LogP contribution in [-0.4, -0.2) is 74.6 Å². The molecular weight excluding hydrogens is 500 g/mol. The van der Waals surface area contributed by atoms with E-state index >= 15 is 0 Å². The number of sulfonamides is 1. The van der Waals surface area contributed by atoms with E-state index in [-0.39, 0.29) is 49.9 Å². The normalized spacial score (nSPS) is 26.1. The van der Waals surface area contributed by atoms with Gasteiger partial charge in [-0.3, -0.25) is 4.79 Å². The Morgan fingerprint density at radius 3 is 2.68 bits per heavy atom. The van der Waals surface area contributed by atoms with Gasteiger partial charge >= 0.3 is 0 Å². The second kappa shape index (κ2) is 11.0. The molecule has 2 aromatic carbocycles. The summed E-state index contributed by atoms with van der Waals surface area (Å²) in [4.78, 5) is 12.8. The van der Waals surface area contributed by atoms with Crippen LogP contribution in [-0.2, 0) is 30.8 Å². The van der Waals surface area contributed by atoms with Gasteiger partial charge in [0.15, 0.2) is 11.5 Å². The summed E-state index contributed by atoms with van der Waals surface area (Å²) in [6.07, 6.45) is -0.703. The highest BCUT2D eigenvalue weighted by Gasteiger charge is 2.43. The van der Waals surface area contributed by atoms with Gasteiger partial charge in [-0.25, -0.2) is 8.42 Å². The molecule has 1 amide bonds. The first kappa shape index (κ1) is 25.9. The summed E-state index contributed by atoms with van der Waals surface area (Å²) in [6.45, 7) is 2.49. The van der Waals surface area contributed by atoms with Crippen LogP contribution in [0.1, 0.15) is 30.4 Å². The average Bonchev–Trinajstić information content (AvgIpc) is 3.34. The fourth-order valence-electron chi connectivity index (χ4n) is 4.95. The van der Waals surface area contributed by atoms with Gasteiger partial charge in [0.1, 0.15) is 0 Å². The highest BCUT2D eigenvalue weighted by molar-refractivity contribution is 7.89. The smallest absolute Gasteiger partial charge is 0.243 e. The van der Waals surface area contributed by atoms with Crippen LogP contribution in [0.15, 0.2) is 47.4 Å². The molecule has 0 saturated carbocycles. The zero-order valence-electron chi connectivity index (χ0n) is 20.7. The number of aryl methyl sites for hydroxylation is 1. The van der Waals surface area contributed by atoms with Crippen molar-refractivity contribution in [2.24, 2.45) is 0 Å². The van der Waals surface area contributed by atoms with Gasteiger partial charge in [-0.15, -0.1) is 0 Å². The van der Waals surface area contributed by atoms with Gasteiger partial charge < -0.3 is 29.4 Å². The molecule has 37 heavy (non-hydrogen) atoms. The van der Waals surface area contributed by atoms with Crippen molar-refractivity contribution in [2.75, 3.05) is 26.6 Å². The Bertz CT molecular complexity index is 1220. The second-order valence-electron chi connectivity index (χ2n) is 9.69. The number of carbonyl (C=O) groups is 1. The van der Waals surface area contributed by atoms with Gasteiger partial charge in [0.2, 0.25) is 22.7 Å². The van der Waals surface area contributed by atoms with E-state index in [0.29, 0.717) is 30.9 Å². The number of carbonyl (C=O) groups excluding carboxylic acids is 1. The van der Waals surface area contributed by atoms with Crippen LogP contribution < -0.4 is 14.8 Å². The number of ether oxygens (including phenoxy) is 4. The van der Waals surface area contributed by atoms with E-state index in [0.717, 1.165) is 11.1 Å². The quantitative estimate of drug-likeness (QED) is 0.577. The molecule has 2 saturated heterocycles. The predicted octanol–water partition coefficient (Wildman–Crippen LogP) is 1.73. The molecule has 200 valence electrons. The molecule has 5 rings (SSSR count). The Kier molecular flexibility index (Phi) is 7.68. The van der Waals surface area contributed by atoms with E-state index in [1.807, 2.05) is 25.1 Å². The fourth-order valence-corrected chi connectivity index (χ4v) is 6.66. The van der Waals surface area contributed by atoms with Gasteiger partial charge in [0.25, 0.3) is 0 Å². The van der Waals surface area contributed by atoms with E-state index in [4.69, 9.17) is 18.9 Å². The van der Waals surface area contributed by atoms with Crippen LogP contribution in [0.25, 0.3) is 0 Å². The van der Waals surface area contributed by atoms with Crippen molar-refractivity contribution in [1.29, 1.82) is 0 Å². The monoisotopic (exact) mass is 532 g/mol. The number of amides is 1. The number of rotatable bonds is 6. The molecule has 2 fully saturated rings. The minimum atomic E-state index is -3.87. The van der Waals surface area contributed by atoms with Crippen molar-refractivity contribution in [1.82, 2.24) is 9.62 Å². The maximum Gasteiger partial charge on any atom is 0.243 e. The van der Waals surface area contributed by atoms with Gasteiger partial charge in [0.05, 0.1) is 48.9 Å². The van der Waals surface area contributed by atoms with Crippen molar-refractivity contribution < 1.29 is 37.3 Å². The molecule has 4 atom stereocenters. The third-order valence-corrected chi connectivity index (χ3v) is 8.81. The number of benzene rings is 2. The lowest BCUT2D eigenvalue weighted by Crippen LogP contribution is -2.57. The molecule has 0 unspecified atom stereocenters. The van der Waals surface area contributed by atoms with E-state index in [1.165, 1.54) is 4.31 Å². The molecule has 0 radical (unpaired) electrons. The number of hydrogen-bond acceptors (Lipinski definition) is 8. The Morgan fingerprint density at radius 2 is 1.86 bits per heavy atom. The number of β-amino-alcohol motifs (C(OH)–C–C–N with tert-alkyl or cyclic N) is 1. The van der Waals surface area contributed by atoms with Crippen LogP contribution >= 0.6 is 0 Å². The third kappa shape index (κ3) is 5.91. The lowest BCUT2D eigenvalue weighted by Gasteiger charge is -2.43. The number of nitrogens with zero attached hydrogens (tertiary/aromatic N) is 1. The minimum Gasteiger partial charge on any atom is -0.454 e. The maximum absolute atomic E-state index is 13.6. The first-order valence-electron chi connectivity index (χ1n) is 12.4. The minimum absolute atomic E-state index is 0.00713. The number of hydrogen-bond donors (Lipinski definition) is 2. The molecule has 3 aliphatic heterocycles. The number of aliphatic hydroxyl groups is 1. The summed E-state index contributed by atoms with van der Waals surface area (Å²) >= 11 is 0. The SMILES string of the molecule is Cc1ccc(S(=O)(=O)N2C[C@@H](O)COC[C@H]3O[C@H](CC(=O)NCc4ccc5c(c4)OCO5)CC[C@@H]32)cc1. The predicted molar refractivity (Wildman–Crippen MR) is 133 cm³/mol. The molecule has 0 spiro atoms. The zero-order chi connectivity index (χ0) is 26.0. The summed E-state index contributed by atoms with van der Waals surface area (Å²) in [5.74, 6) is 1.19. The average molecular weight is 533 g/mol. The van der Waals surface area contributed by atoms with Crippen LogP contribution in [0.3, 0.4) is 0 Å². The molecule has 11 heteroatoms. The summed E-state index contributed by atoms with van der Waals surface area (Å²) in [5.41, 5.74) is 1.85. The van der Waals surface area contributed by atoms with Crippen molar-refractivity contribution in [2.45, 2.75) is 62.0 Å². The third-order valence-electron chi connectivity index (χ3n) is 6.90. The molecule has 0 aliphatic carbocycles. The first-order chi connectivity index (χ1) is 17.8. The number of nitrogens with one attached hydrogen (secondary N) is 1. The summed E-state index contributed by atoms with van der Waals surface area (Å²) < 4.78 is 51.0. The lowest BCUT2D eigenvalue weighted by atomic mass is 9.96. The van der Waals surface area contributed by atoms with Gasteiger partial charge in [-0.1, -0.05) is 23.8 Å². The van der Waals surface area contributed by atoms with Gasteiger partial charge in [-0.05, 0) is 49.6 Å². The van der Waals surface area contributed by atoms with E-state index in [1.54, 1.807) is 24.3 Å². The van der Waals surface area contributed by atoms with Crippen LogP contribution in [0, 0.1) is 6.92 Å². The van der Waals surface area contributed by atoms with E-state index in [9.17, 15) is 18.3 Å². The summed E-state index contributed by atoms with van der Waals surface area (Å²) in [5, 5.41) is 13.3. The molecule has 3 heterocycles. The van der Waals surface area contributed by atoms with Crippen molar-refractivity contribution in [3.05, 3.63) is 53.6 Å². The van der Waals surface area contributed by atoms with Crippen molar-refractivity contribution in [3.63, 3.8) is 0 Å². The van der Waals surface area contributed by atoms with Gasteiger partial charge in [-0.2, -0.15) is 4.31 Å². The number of fused-ring (bicyclic) bond motifs is 2. The molecule has 3 aliphatic rings. The standard InChI is InChI=1S/C26H32N2O8S/c1-17-2-6-21(7-3-17)37(31,32)28-13-19(29)14-33-15-25-22(28)8-5-20(36-25)11-26(30)27-12-18-4-9-23-24(10-18)35-16-34-23/h2-4,6-7,9-10,19-20,22,25,29H,5,8,11-16H2,1H3,(H,27,30)/t19-,20+,22+,25-/m1/s1. The Hall–Kier alpha value is -2.70. The molecule has 2 N–H and O–H groups in total. The van der Waals surface area contributed by atoms with E-state index < -0.39 is 28.3 Å². The van der Waals surface area contributed by atoms with Crippen LogP contribution in [0.2, 0.25) is 0 Å². The molecule has 10 nitrogen and oxygen atoms in total.